The molecule has 0 saturated heterocycles. The number of methoxy groups -OCH3 is 1. The molecule has 0 saturated carbocycles. The summed E-state index contributed by atoms with van der Waals surface area (Å²) in [7, 11) is 1.59. The molecule has 0 aliphatic rings. The smallest absolute Gasteiger partial charge is 0.221 e. The number of carbonyl (C=O) groups excluding carboxylic acids is 1. The Morgan fingerprint density at radius 1 is 0.762 bits per heavy atom. The average Bonchev–Trinajstić information content (AvgIpc) is 2.49. The lowest BCUT2D eigenvalue weighted by Crippen LogP contribution is -2.24. The van der Waals surface area contributed by atoms with Gasteiger partial charge in [0.1, 0.15) is 6.73 Å². The molecule has 0 atom stereocenters. The van der Waals surface area contributed by atoms with Crippen molar-refractivity contribution in [3.63, 3.8) is 0 Å². The van der Waals surface area contributed by atoms with Crippen LogP contribution in [0.4, 0.5) is 0 Å². The zero-order chi connectivity index (χ0) is 15.6. The number of nitrogens with one attached hydrogen (secondary N) is 1. The number of rotatable bonds is 16. The van der Waals surface area contributed by atoms with E-state index in [1.807, 2.05) is 0 Å². The van der Waals surface area contributed by atoms with Gasteiger partial charge < -0.3 is 10.1 Å². The Kier molecular flexibility index (Phi) is 17.0. The van der Waals surface area contributed by atoms with Gasteiger partial charge in [0.2, 0.25) is 5.91 Å². The quantitative estimate of drug-likeness (QED) is 0.315. The van der Waals surface area contributed by atoms with E-state index in [0.717, 1.165) is 6.42 Å². The fourth-order valence-corrected chi connectivity index (χ4v) is 2.54. The van der Waals surface area contributed by atoms with Gasteiger partial charge in [-0.2, -0.15) is 0 Å². The predicted molar refractivity (Wildman–Crippen MR) is 90.3 cm³/mol. The van der Waals surface area contributed by atoms with Crippen LogP contribution >= 0.6 is 0 Å². The molecule has 0 heterocycles. The van der Waals surface area contributed by atoms with Gasteiger partial charge in [0, 0.05) is 13.5 Å². The largest absolute Gasteiger partial charge is 0.364 e. The van der Waals surface area contributed by atoms with E-state index < -0.39 is 0 Å². The van der Waals surface area contributed by atoms with Gasteiger partial charge in [0.05, 0.1) is 0 Å². The number of ether oxygens (including phenoxy) is 1. The van der Waals surface area contributed by atoms with Gasteiger partial charge in [0.25, 0.3) is 0 Å². The average molecular weight is 299 g/mol. The molecule has 0 rings (SSSR count). The molecule has 0 spiro atoms. The summed E-state index contributed by atoms with van der Waals surface area (Å²) in [6.45, 7) is 2.60. The van der Waals surface area contributed by atoms with Crippen LogP contribution in [0, 0.1) is 0 Å². The second-order valence-electron chi connectivity index (χ2n) is 6.03. The van der Waals surface area contributed by atoms with Crippen molar-refractivity contribution in [2.75, 3.05) is 13.8 Å². The molecule has 0 bridgehead atoms. The maximum absolute atomic E-state index is 11.3. The van der Waals surface area contributed by atoms with Crippen LogP contribution in [0.25, 0.3) is 0 Å². The maximum atomic E-state index is 11.3. The van der Waals surface area contributed by atoms with Gasteiger partial charge in [-0.1, -0.05) is 84.0 Å². The molecule has 0 radical (unpaired) electrons. The Morgan fingerprint density at radius 3 is 1.62 bits per heavy atom. The standard InChI is InChI=1S/C18H37NO2/c1-3-4-5-6-7-8-9-10-11-12-13-14-15-16-18(20)19-17-21-2/h3-17H2,1-2H3,(H,19,20). The lowest BCUT2D eigenvalue weighted by atomic mass is 10.0. The predicted octanol–water partition coefficient (Wildman–Crippen LogP) is 5.19. The Bertz CT molecular complexity index is 219. The van der Waals surface area contributed by atoms with E-state index in [-0.39, 0.29) is 5.91 Å². The summed E-state index contributed by atoms with van der Waals surface area (Å²) >= 11 is 0. The lowest BCUT2D eigenvalue weighted by molar-refractivity contribution is -0.122. The Hall–Kier alpha value is -0.570. The molecule has 0 aliphatic heterocycles. The van der Waals surface area contributed by atoms with Gasteiger partial charge in [-0.25, -0.2) is 0 Å². The monoisotopic (exact) mass is 299 g/mol. The van der Waals surface area contributed by atoms with Crippen LogP contribution < -0.4 is 5.32 Å². The Balaban J connectivity index is 3.04. The number of unbranched alkanes of at least 4 members (excludes halogenated alkanes) is 12. The molecule has 0 aliphatic carbocycles. The SMILES string of the molecule is CCCCCCCCCCCCCCCC(=O)NCOC. The van der Waals surface area contributed by atoms with Crippen LogP contribution in [0.15, 0.2) is 0 Å². The molecule has 0 unspecified atom stereocenters. The van der Waals surface area contributed by atoms with Gasteiger partial charge in [-0.3, -0.25) is 4.79 Å². The second kappa shape index (κ2) is 17.5. The van der Waals surface area contributed by atoms with E-state index in [9.17, 15) is 4.79 Å². The maximum Gasteiger partial charge on any atom is 0.221 e. The first-order valence-electron chi connectivity index (χ1n) is 9.07. The summed E-state index contributed by atoms with van der Waals surface area (Å²) in [5, 5.41) is 2.71. The number of hydrogen-bond donors (Lipinski definition) is 1. The molecule has 3 nitrogen and oxygen atoms in total. The van der Waals surface area contributed by atoms with E-state index in [1.54, 1.807) is 7.11 Å². The van der Waals surface area contributed by atoms with Crippen molar-refractivity contribution in [2.45, 2.75) is 96.8 Å². The third-order valence-corrected chi connectivity index (χ3v) is 3.92. The zero-order valence-corrected chi connectivity index (χ0v) is 14.4. The number of amides is 1. The molecule has 0 aromatic carbocycles. The molecule has 0 fully saturated rings. The highest BCUT2D eigenvalue weighted by atomic mass is 16.5. The summed E-state index contributed by atoms with van der Waals surface area (Å²) in [6.07, 6.45) is 18.0. The molecule has 21 heavy (non-hydrogen) atoms. The van der Waals surface area contributed by atoms with Crippen LogP contribution in [0.1, 0.15) is 96.8 Å². The fraction of sp³-hybridized carbons (Fsp3) is 0.944. The second-order valence-corrected chi connectivity index (χ2v) is 6.03. The van der Waals surface area contributed by atoms with Gasteiger partial charge in [-0.15, -0.1) is 0 Å². The van der Waals surface area contributed by atoms with Crippen LogP contribution in [0.2, 0.25) is 0 Å². The zero-order valence-electron chi connectivity index (χ0n) is 14.4. The van der Waals surface area contributed by atoms with Crippen LogP contribution in [-0.2, 0) is 9.53 Å². The highest BCUT2D eigenvalue weighted by molar-refractivity contribution is 5.75. The summed E-state index contributed by atoms with van der Waals surface area (Å²) in [5.41, 5.74) is 0. The third kappa shape index (κ3) is 17.4. The van der Waals surface area contributed by atoms with E-state index in [2.05, 4.69) is 12.2 Å². The molecule has 0 aromatic rings. The van der Waals surface area contributed by atoms with E-state index in [1.165, 1.54) is 77.0 Å². The first kappa shape index (κ1) is 20.4. The summed E-state index contributed by atoms with van der Waals surface area (Å²) in [6, 6.07) is 0. The van der Waals surface area contributed by atoms with Crippen LogP contribution in [0.5, 0.6) is 0 Å². The van der Waals surface area contributed by atoms with E-state index in [4.69, 9.17) is 4.74 Å². The van der Waals surface area contributed by atoms with Crippen molar-refractivity contribution < 1.29 is 9.53 Å². The normalized spacial score (nSPS) is 10.8. The van der Waals surface area contributed by atoms with Gasteiger partial charge in [0.15, 0.2) is 0 Å². The molecular formula is C18H37NO2. The highest BCUT2D eigenvalue weighted by Crippen LogP contribution is 2.12. The minimum Gasteiger partial charge on any atom is -0.364 e. The molecule has 126 valence electrons. The first-order chi connectivity index (χ1) is 10.3. The topological polar surface area (TPSA) is 38.3 Å². The van der Waals surface area contributed by atoms with Crippen LogP contribution in [0.3, 0.4) is 0 Å². The summed E-state index contributed by atoms with van der Waals surface area (Å²) in [5.74, 6) is 0.111. The fourth-order valence-electron chi connectivity index (χ4n) is 2.54. The third-order valence-electron chi connectivity index (χ3n) is 3.92. The molecular weight excluding hydrogens is 262 g/mol. The number of hydrogen-bond acceptors (Lipinski definition) is 2. The highest BCUT2D eigenvalue weighted by Gasteiger charge is 1.99. The van der Waals surface area contributed by atoms with Crippen molar-refractivity contribution >= 4 is 5.91 Å². The summed E-state index contributed by atoms with van der Waals surface area (Å²) < 4.78 is 4.80. The van der Waals surface area contributed by atoms with Crippen molar-refractivity contribution in [1.82, 2.24) is 5.32 Å². The molecule has 0 aromatic heterocycles. The van der Waals surface area contributed by atoms with Gasteiger partial charge >= 0.3 is 0 Å². The minimum atomic E-state index is 0.111. The Morgan fingerprint density at radius 2 is 1.19 bits per heavy atom. The van der Waals surface area contributed by atoms with E-state index >= 15 is 0 Å². The van der Waals surface area contributed by atoms with Crippen LogP contribution in [-0.4, -0.2) is 19.7 Å². The minimum absolute atomic E-state index is 0.111. The first-order valence-corrected chi connectivity index (χ1v) is 9.07. The van der Waals surface area contributed by atoms with Crippen molar-refractivity contribution in [1.29, 1.82) is 0 Å². The summed E-state index contributed by atoms with van der Waals surface area (Å²) in [4.78, 5) is 11.3. The van der Waals surface area contributed by atoms with Gasteiger partial charge in [-0.05, 0) is 6.42 Å². The lowest BCUT2D eigenvalue weighted by Gasteiger charge is -2.04. The van der Waals surface area contributed by atoms with Crippen molar-refractivity contribution in [3.05, 3.63) is 0 Å². The van der Waals surface area contributed by atoms with E-state index in [0.29, 0.717) is 13.2 Å². The molecule has 1 amide bonds. The Labute approximate surface area is 132 Å². The molecule has 1 N–H and O–H groups in total. The van der Waals surface area contributed by atoms with Crippen molar-refractivity contribution in [2.24, 2.45) is 0 Å². The number of carbonyl (C=O) groups is 1. The van der Waals surface area contributed by atoms with Crippen molar-refractivity contribution in [3.8, 4) is 0 Å². The molecule has 3 heteroatoms.